The molecule has 0 amide bonds. The zero-order valence-corrected chi connectivity index (χ0v) is 11.5. The first-order chi connectivity index (χ1) is 7.98. The van der Waals surface area contributed by atoms with Crippen LogP contribution in [0.3, 0.4) is 0 Å². The zero-order chi connectivity index (χ0) is 12.9. The highest BCUT2D eigenvalue weighted by Crippen LogP contribution is 2.20. The van der Waals surface area contributed by atoms with Gasteiger partial charge < -0.3 is 10.6 Å². The standard InChI is InChI=1S/C14H25N3/c1-5-8-17(11-14(3,4)10-15)13-7-6-12(2)9-16-13/h6-7,9H,5,8,10-11,15H2,1-4H3. The van der Waals surface area contributed by atoms with Crippen molar-refractivity contribution < 1.29 is 0 Å². The van der Waals surface area contributed by atoms with Gasteiger partial charge in [-0.1, -0.05) is 26.8 Å². The van der Waals surface area contributed by atoms with E-state index in [1.165, 1.54) is 5.56 Å². The van der Waals surface area contributed by atoms with Crippen molar-refractivity contribution in [1.82, 2.24) is 4.98 Å². The monoisotopic (exact) mass is 235 g/mol. The molecule has 0 atom stereocenters. The van der Waals surface area contributed by atoms with Gasteiger partial charge in [-0.05, 0) is 36.9 Å². The average Bonchev–Trinajstić information content (AvgIpc) is 2.29. The number of hydrogen-bond acceptors (Lipinski definition) is 3. The summed E-state index contributed by atoms with van der Waals surface area (Å²) in [5.41, 5.74) is 7.13. The average molecular weight is 235 g/mol. The van der Waals surface area contributed by atoms with Gasteiger partial charge in [-0.15, -0.1) is 0 Å². The van der Waals surface area contributed by atoms with Crippen molar-refractivity contribution in [1.29, 1.82) is 0 Å². The molecular formula is C14H25N3. The summed E-state index contributed by atoms with van der Waals surface area (Å²) in [6.45, 7) is 11.3. The first kappa shape index (κ1) is 14.0. The number of anilines is 1. The fourth-order valence-electron chi connectivity index (χ4n) is 1.77. The molecule has 0 aliphatic carbocycles. The van der Waals surface area contributed by atoms with Crippen LogP contribution < -0.4 is 10.6 Å². The van der Waals surface area contributed by atoms with E-state index >= 15 is 0 Å². The molecule has 0 saturated heterocycles. The Kier molecular flexibility index (Phi) is 4.94. The van der Waals surface area contributed by atoms with E-state index < -0.39 is 0 Å². The van der Waals surface area contributed by atoms with Gasteiger partial charge in [0.2, 0.25) is 0 Å². The van der Waals surface area contributed by atoms with Gasteiger partial charge in [-0.3, -0.25) is 0 Å². The first-order valence-electron chi connectivity index (χ1n) is 6.36. The highest BCUT2D eigenvalue weighted by Gasteiger charge is 2.20. The Morgan fingerprint density at radius 1 is 1.35 bits per heavy atom. The Hall–Kier alpha value is -1.09. The fourth-order valence-corrected chi connectivity index (χ4v) is 1.77. The van der Waals surface area contributed by atoms with Gasteiger partial charge in [0.25, 0.3) is 0 Å². The number of rotatable bonds is 6. The van der Waals surface area contributed by atoms with E-state index in [1.807, 2.05) is 6.20 Å². The van der Waals surface area contributed by atoms with Crippen LogP contribution in [0.1, 0.15) is 32.8 Å². The van der Waals surface area contributed by atoms with Crippen LogP contribution in [0, 0.1) is 12.3 Å². The van der Waals surface area contributed by atoms with Crippen molar-refractivity contribution >= 4 is 5.82 Å². The summed E-state index contributed by atoms with van der Waals surface area (Å²) < 4.78 is 0. The highest BCUT2D eigenvalue weighted by atomic mass is 15.2. The minimum Gasteiger partial charge on any atom is -0.356 e. The maximum atomic E-state index is 5.81. The molecule has 0 aliphatic rings. The maximum Gasteiger partial charge on any atom is 0.128 e. The Morgan fingerprint density at radius 2 is 2.06 bits per heavy atom. The Balaban J connectivity index is 2.81. The molecule has 0 spiro atoms. The van der Waals surface area contributed by atoms with Crippen LogP contribution in [0.2, 0.25) is 0 Å². The summed E-state index contributed by atoms with van der Waals surface area (Å²) in [4.78, 5) is 6.83. The van der Waals surface area contributed by atoms with E-state index in [2.05, 4.69) is 49.7 Å². The van der Waals surface area contributed by atoms with Gasteiger partial charge in [0.05, 0.1) is 0 Å². The molecule has 17 heavy (non-hydrogen) atoms. The molecule has 1 rings (SSSR count). The number of aromatic nitrogens is 1. The summed E-state index contributed by atoms with van der Waals surface area (Å²) in [6, 6.07) is 4.21. The molecule has 0 unspecified atom stereocenters. The zero-order valence-electron chi connectivity index (χ0n) is 11.5. The molecule has 1 aromatic rings. The van der Waals surface area contributed by atoms with Crippen LogP contribution >= 0.6 is 0 Å². The largest absolute Gasteiger partial charge is 0.356 e. The minimum absolute atomic E-state index is 0.127. The third-order valence-electron chi connectivity index (χ3n) is 2.88. The molecule has 3 heteroatoms. The molecule has 96 valence electrons. The van der Waals surface area contributed by atoms with Crippen LogP contribution in [0.15, 0.2) is 18.3 Å². The van der Waals surface area contributed by atoms with Crippen molar-refractivity contribution in [2.45, 2.75) is 34.1 Å². The SMILES string of the molecule is CCCN(CC(C)(C)CN)c1ccc(C)cn1. The summed E-state index contributed by atoms with van der Waals surface area (Å²) >= 11 is 0. The summed E-state index contributed by atoms with van der Waals surface area (Å²) in [5, 5.41) is 0. The smallest absolute Gasteiger partial charge is 0.128 e. The van der Waals surface area contributed by atoms with E-state index in [-0.39, 0.29) is 5.41 Å². The van der Waals surface area contributed by atoms with Crippen LogP contribution in [-0.4, -0.2) is 24.6 Å². The minimum atomic E-state index is 0.127. The quantitative estimate of drug-likeness (QED) is 0.824. The third-order valence-corrected chi connectivity index (χ3v) is 2.88. The van der Waals surface area contributed by atoms with Gasteiger partial charge in [-0.25, -0.2) is 4.98 Å². The predicted molar refractivity (Wildman–Crippen MR) is 74.3 cm³/mol. The van der Waals surface area contributed by atoms with E-state index in [0.717, 1.165) is 25.3 Å². The second kappa shape index (κ2) is 6.01. The summed E-state index contributed by atoms with van der Waals surface area (Å²) in [7, 11) is 0. The lowest BCUT2D eigenvalue weighted by molar-refractivity contribution is 0.376. The lowest BCUT2D eigenvalue weighted by atomic mass is 9.93. The fraction of sp³-hybridized carbons (Fsp3) is 0.643. The Morgan fingerprint density at radius 3 is 2.53 bits per heavy atom. The lowest BCUT2D eigenvalue weighted by Gasteiger charge is -2.32. The molecule has 0 aromatic carbocycles. The maximum absolute atomic E-state index is 5.81. The van der Waals surface area contributed by atoms with E-state index in [0.29, 0.717) is 6.54 Å². The number of nitrogens with zero attached hydrogens (tertiary/aromatic N) is 2. The number of nitrogens with two attached hydrogens (primary N) is 1. The number of pyridine rings is 1. The first-order valence-corrected chi connectivity index (χ1v) is 6.36. The summed E-state index contributed by atoms with van der Waals surface area (Å²) in [6.07, 6.45) is 3.05. The molecule has 2 N–H and O–H groups in total. The molecule has 0 bridgehead atoms. The van der Waals surface area contributed by atoms with E-state index in [1.54, 1.807) is 0 Å². The predicted octanol–water partition coefficient (Wildman–Crippen LogP) is 2.59. The van der Waals surface area contributed by atoms with Crippen molar-refractivity contribution in [3.63, 3.8) is 0 Å². The third kappa shape index (κ3) is 4.35. The van der Waals surface area contributed by atoms with Gasteiger partial charge in [-0.2, -0.15) is 0 Å². The van der Waals surface area contributed by atoms with Gasteiger partial charge >= 0.3 is 0 Å². The number of hydrogen-bond donors (Lipinski definition) is 1. The number of aryl methyl sites for hydroxylation is 1. The molecule has 0 fully saturated rings. The van der Waals surface area contributed by atoms with Crippen molar-refractivity contribution in [3.05, 3.63) is 23.9 Å². The van der Waals surface area contributed by atoms with Crippen LogP contribution in [0.5, 0.6) is 0 Å². The van der Waals surface area contributed by atoms with E-state index in [9.17, 15) is 0 Å². The molecule has 1 aromatic heterocycles. The molecule has 3 nitrogen and oxygen atoms in total. The molecule has 0 radical (unpaired) electrons. The normalized spacial score (nSPS) is 11.6. The molecule has 0 aliphatic heterocycles. The van der Waals surface area contributed by atoms with Crippen molar-refractivity contribution in [2.75, 3.05) is 24.5 Å². The van der Waals surface area contributed by atoms with Crippen molar-refractivity contribution in [3.8, 4) is 0 Å². The van der Waals surface area contributed by atoms with Crippen LogP contribution in [0.4, 0.5) is 5.82 Å². The topological polar surface area (TPSA) is 42.1 Å². The molecule has 0 saturated carbocycles. The van der Waals surface area contributed by atoms with Crippen molar-refractivity contribution in [2.24, 2.45) is 11.1 Å². The van der Waals surface area contributed by atoms with Gasteiger partial charge in [0.15, 0.2) is 0 Å². The van der Waals surface area contributed by atoms with Gasteiger partial charge in [0.1, 0.15) is 5.82 Å². The van der Waals surface area contributed by atoms with Crippen LogP contribution in [0.25, 0.3) is 0 Å². The van der Waals surface area contributed by atoms with E-state index in [4.69, 9.17) is 5.73 Å². The molecular weight excluding hydrogens is 210 g/mol. The highest BCUT2D eigenvalue weighted by molar-refractivity contribution is 5.39. The second-order valence-corrected chi connectivity index (χ2v) is 5.48. The lowest BCUT2D eigenvalue weighted by Crippen LogP contribution is -2.39. The Labute approximate surface area is 105 Å². The van der Waals surface area contributed by atoms with Crippen LogP contribution in [-0.2, 0) is 0 Å². The summed E-state index contributed by atoms with van der Waals surface area (Å²) in [5.74, 6) is 1.05. The van der Waals surface area contributed by atoms with Gasteiger partial charge in [0, 0.05) is 19.3 Å². The molecule has 1 heterocycles. The Bertz CT molecular complexity index is 330. The second-order valence-electron chi connectivity index (χ2n) is 5.48.